The average Bonchev–Trinajstić information content (AvgIpc) is 2.97. The van der Waals surface area contributed by atoms with Gasteiger partial charge in [-0.1, -0.05) is 48.5 Å². The summed E-state index contributed by atoms with van der Waals surface area (Å²) in [6.07, 6.45) is 0. The van der Waals surface area contributed by atoms with E-state index >= 15 is 0 Å². The molecular formula is C30H25N4O7S2+. The molecule has 0 atom stereocenters. The van der Waals surface area contributed by atoms with Gasteiger partial charge in [-0.2, -0.15) is 16.8 Å². The summed E-state index contributed by atoms with van der Waals surface area (Å²) in [5.74, 6) is -0.571. The lowest BCUT2D eigenvalue weighted by Crippen LogP contribution is -2.35. The summed E-state index contributed by atoms with van der Waals surface area (Å²) in [6.45, 7) is 0. The van der Waals surface area contributed by atoms with E-state index < -0.39 is 26.0 Å². The fourth-order valence-corrected chi connectivity index (χ4v) is 6.71. The number of aromatic nitrogens is 2. The quantitative estimate of drug-likeness (QED) is 0.0642. The van der Waals surface area contributed by atoms with Gasteiger partial charge in [0.15, 0.2) is 11.3 Å². The Labute approximate surface area is 246 Å². The van der Waals surface area contributed by atoms with Crippen LogP contribution in [-0.4, -0.2) is 38.0 Å². The Kier molecular flexibility index (Phi) is 6.89. The molecular weight excluding hydrogens is 592 g/mol. The second-order valence-corrected chi connectivity index (χ2v) is 12.6. The zero-order chi connectivity index (χ0) is 30.5. The number of rotatable bonds is 7. The molecule has 13 heteroatoms. The summed E-state index contributed by atoms with van der Waals surface area (Å²) in [5.41, 5.74) is 9.34. The number of nitrogen functional groups attached to an aromatic ring is 1. The largest absolute Gasteiger partial charge is 0.494 e. The van der Waals surface area contributed by atoms with Crippen molar-refractivity contribution in [2.45, 2.75) is 10.6 Å². The van der Waals surface area contributed by atoms with Crippen LogP contribution in [0.4, 0.5) is 17.1 Å². The molecule has 0 aliphatic rings. The van der Waals surface area contributed by atoms with Crippen LogP contribution in [0.2, 0.25) is 0 Å². The van der Waals surface area contributed by atoms with Crippen molar-refractivity contribution in [1.82, 2.24) is 4.98 Å². The highest BCUT2D eigenvalue weighted by molar-refractivity contribution is 7.86. The first-order valence-electron chi connectivity index (χ1n) is 12.9. The van der Waals surface area contributed by atoms with Crippen LogP contribution >= 0.6 is 0 Å². The minimum Gasteiger partial charge on any atom is -0.494 e. The van der Waals surface area contributed by atoms with E-state index in [2.05, 4.69) is 5.32 Å². The highest BCUT2D eigenvalue weighted by Crippen LogP contribution is 2.39. The molecule has 0 saturated heterocycles. The lowest BCUT2D eigenvalue weighted by Gasteiger charge is -2.17. The third-order valence-electron chi connectivity index (χ3n) is 7.03. The summed E-state index contributed by atoms with van der Waals surface area (Å²) >= 11 is 0. The van der Waals surface area contributed by atoms with E-state index in [1.54, 1.807) is 53.1 Å². The average molecular weight is 618 g/mol. The molecule has 0 aliphatic heterocycles. The highest BCUT2D eigenvalue weighted by atomic mass is 32.2. The zero-order valence-corrected chi connectivity index (χ0v) is 24.2. The Balaban J connectivity index is 1.90. The Morgan fingerprint density at radius 2 is 1.56 bits per heavy atom. The molecule has 0 aliphatic carbocycles. The molecule has 6 rings (SSSR count). The molecule has 0 spiro atoms. The highest BCUT2D eigenvalue weighted by Gasteiger charge is 2.31. The number of nitrogens with one attached hydrogen (secondary N) is 1. The van der Waals surface area contributed by atoms with Crippen LogP contribution in [0.5, 0.6) is 5.75 Å². The molecule has 1 aromatic heterocycles. The topological polar surface area (TPSA) is 173 Å². The summed E-state index contributed by atoms with van der Waals surface area (Å²) in [6, 6.07) is 25.6. The number of nitrogens with two attached hydrogens (primary N) is 1. The lowest BCUT2D eigenvalue weighted by molar-refractivity contribution is -0.538. The van der Waals surface area contributed by atoms with Gasteiger partial charge in [-0.3, -0.25) is 9.11 Å². The first-order valence-corrected chi connectivity index (χ1v) is 15.9. The third kappa shape index (κ3) is 5.19. The van der Waals surface area contributed by atoms with Gasteiger partial charge >= 0.3 is 0 Å². The zero-order valence-electron chi connectivity index (χ0n) is 22.6. The summed E-state index contributed by atoms with van der Waals surface area (Å²) < 4.78 is 77.0. The number of methoxy groups -OCH3 is 1. The molecule has 5 aromatic carbocycles. The van der Waals surface area contributed by atoms with E-state index in [1.807, 2.05) is 24.3 Å². The minimum atomic E-state index is -4.67. The van der Waals surface area contributed by atoms with Gasteiger partial charge in [0.25, 0.3) is 20.2 Å². The summed E-state index contributed by atoms with van der Waals surface area (Å²) in [7, 11) is -7.80. The maximum atomic E-state index is 12.6. The van der Waals surface area contributed by atoms with Crippen molar-refractivity contribution in [2.75, 3.05) is 18.2 Å². The fourth-order valence-electron chi connectivity index (χ4n) is 5.31. The van der Waals surface area contributed by atoms with Gasteiger partial charge in [-0.05, 0) is 18.2 Å². The minimum absolute atomic E-state index is 0.0601. The molecule has 11 nitrogen and oxygen atoms in total. The SMILES string of the molecule is COc1cc(N)c(CS(=O)(=O)O)c2c1nc1c3cccc(S(=O)(=O)O)c3c(Nc3ccccc3)cc1[n+]2-c1ccccc1. The molecule has 0 radical (unpaired) electrons. The van der Waals surface area contributed by atoms with E-state index in [-0.39, 0.29) is 38.3 Å². The second-order valence-electron chi connectivity index (χ2n) is 9.79. The molecule has 6 aromatic rings. The van der Waals surface area contributed by atoms with Gasteiger partial charge in [-0.25, -0.2) is 4.98 Å². The standard InChI is InChI=1S/C30H24N4O7S2/c1-41-25-15-22(31)21(17-42(35,36)37)30-29(25)33-28-20-13-8-14-26(43(38,39)40)27(20)23(32-18-9-4-2-5-10-18)16-24(28)34(30)19-11-6-3-7-12-19/h2-16H,17H2,1H3,(H4,31,32,35,36,37,38,39,40)/p+1. The maximum absolute atomic E-state index is 12.6. The van der Waals surface area contributed by atoms with E-state index in [4.69, 9.17) is 15.5 Å². The van der Waals surface area contributed by atoms with Crippen LogP contribution in [0, 0.1) is 0 Å². The van der Waals surface area contributed by atoms with Crippen LogP contribution in [-0.2, 0) is 26.0 Å². The number of anilines is 3. The van der Waals surface area contributed by atoms with Crippen LogP contribution in [0.25, 0.3) is 38.5 Å². The van der Waals surface area contributed by atoms with Crippen molar-refractivity contribution in [2.24, 2.45) is 0 Å². The summed E-state index contributed by atoms with van der Waals surface area (Å²) in [4.78, 5) is 4.56. The molecule has 1 heterocycles. The van der Waals surface area contributed by atoms with E-state index in [9.17, 15) is 25.9 Å². The van der Waals surface area contributed by atoms with Crippen LogP contribution in [0.15, 0.2) is 95.9 Å². The van der Waals surface area contributed by atoms with Crippen molar-refractivity contribution in [3.05, 3.63) is 96.6 Å². The number of hydrogen-bond donors (Lipinski definition) is 4. The van der Waals surface area contributed by atoms with Crippen molar-refractivity contribution < 1.29 is 35.2 Å². The van der Waals surface area contributed by atoms with Crippen LogP contribution in [0.1, 0.15) is 5.56 Å². The second kappa shape index (κ2) is 10.5. The van der Waals surface area contributed by atoms with Crippen LogP contribution in [0.3, 0.4) is 0 Å². The fraction of sp³-hybridized carbons (Fsp3) is 0.0667. The third-order valence-corrected chi connectivity index (χ3v) is 8.58. The van der Waals surface area contributed by atoms with Gasteiger partial charge < -0.3 is 15.8 Å². The Bertz CT molecular complexity index is 2280. The van der Waals surface area contributed by atoms with Crippen LogP contribution < -0.4 is 20.4 Å². The Morgan fingerprint density at radius 1 is 0.884 bits per heavy atom. The molecule has 0 fully saturated rings. The molecule has 0 amide bonds. The van der Waals surface area contributed by atoms with Crippen molar-refractivity contribution in [3.63, 3.8) is 0 Å². The van der Waals surface area contributed by atoms with E-state index in [0.717, 1.165) is 0 Å². The van der Waals surface area contributed by atoms with Gasteiger partial charge in [0.2, 0.25) is 16.7 Å². The molecule has 0 unspecified atom stereocenters. The predicted octanol–water partition coefficient (Wildman–Crippen LogP) is 4.79. The summed E-state index contributed by atoms with van der Waals surface area (Å²) in [5, 5.41) is 3.84. The van der Waals surface area contributed by atoms with Gasteiger partial charge in [0, 0.05) is 46.4 Å². The first-order chi connectivity index (χ1) is 20.5. The van der Waals surface area contributed by atoms with Gasteiger partial charge in [0.05, 0.1) is 18.4 Å². The molecule has 5 N–H and O–H groups in total. The van der Waals surface area contributed by atoms with Gasteiger partial charge in [-0.15, -0.1) is 4.57 Å². The molecule has 0 saturated carbocycles. The van der Waals surface area contributed by atoms with Crippen molar-refractivity contribution >= 4 is 70.1 Å². The number of fused-ring (bicyclic) bond motifs is 4. The lowest BCUT2D eigenvalue weighted by atomic mass is 10.0. The molecule has 43 heavy (non-hydrogen) atoms. The Morgan fingerprint density at radius 3 is 2.19 bits per heavy atom. The first kappa shape index (κ1) is 28.3. The van der Waals surface area contributed by atoms with E-state index in [0.29, 0.717) is 33.5 Å². The number of ether oxygens (including phenoxy) is 1. The Hall–Kier alpha value is -4.82. The molecule has 218 valence electrons. The number of nitrogens with zero attached hydrogens (tertiary/aromatic N) is 2. The van der Waals surface area contributed by atoms with E-state index in [1.165, 1.54) is 25.3 Å². The number of hydrogen-bond acceptors (Lipinski definition) is 8. The predicted molar refractivity (Wildman–Crippen MR) is 164 cm³/mol. The number of para-hydroxylation sites is 2. The van der Waals surface area contributed by atoms with Crippen molar-refractivity contribution in [1.29, 1.82) is 0 Å². The number of benzene rings is 5. The van der Waals surface area contributed by atoms with Crippen molar-refractivity contribution in [3.8, 4) is 11.4 Å². The van der Waals surface area contributed by atoms with Gasteiger partial charge in [0.1, 0.15) is 16.2 Å². The molecule has 0 bridgehead atoms. The monoisotopic (exact) mass is 617 g/mol. The normalized spacial score (nSPS) is 12.2. The smallest absolute Gasteiger partial charge is 0.295 e. The maximum Gasteiger partial charge on any atom is 0.295 e.